The number of tetrazole rings is 1. The molecule has 36 heavy (non-hydrogen) atoms. The van der Waals surface area contributed by atoms with Crippen LogP contribution in [0, 0.1) is 0 Å². The van der Waals surface area contributed by atoms with Gasteiger partial charge < -0.3 is 28.8 Å². The van der Waals surface area contributed by atoms with Crippen molar-refractivity contribution < 1.29 is 23.7 Å². The smallest absolute Gasteiger partial charge is 0.341 e. The number of para-hydroxylation sites is 1. The standard InChI is InChI=1S/C24H23N7O5/c32-21(14-33-17-4-2-1-3-5-17)26-19-12-34-23-20(13-35-22(19)23)31-24(27-28-29-31)36-18-8-6-16(7-9-18)30-11-10-25-15-30/h1-11,15,19-20,22-23H,12-14H2,(H,26,32)/t19-,20-,22+,23+/m0/s1. The van der Waals surface area contributed by atoms with E-state index in [1.165, 1.54) is 0 Å². The van der Waals surface area contributed by atoms with E-state index in [-0.39, 0.29) is 42.8 Å². The van der Waals surface area contributed by atoms with Gasteiger partial charge in [0.05, 0.1) is 25.6 Å². The zero-order valence-electron chi connectivity index (χ0n) is 19.1. The van der Waals surface area contributed by atoms with Gasteiger partial charge in [-0.2, -0.15) is 4.68 Å². The van der Waals surface area contributed by atoms with E-state index in [0.29, 0.717) is 24.7 Å². The highest BCUT2D eigenvalue weighted by atomic mass is 16.6. The van der Waals surface area contributed by atoms with E-state index in [1.54, 1.807) is 29.3 Å². The lowest BCUT2D eigenvalue weighted by Gasteiger charge is -2.18. The summed E-state index contributed by atoms with van der Waals surface area (Å²) in [6.07, 6.45) is 4.64. The van der Waals surface area contributed by atoms with Gasteiger partial charge in [0, 0.05) is 18.1 Å². The molecule has 1 amide bonds. The van der Waals surface area contributed by atoms with Crippen molar-refractivity contribution in [1.29, 1.82) is 0 Å². The largest absolute Gasteiger partial charge is 0.484 e. The minimum Gasteiger partial charge on any atom is -0.484 e. The summed E-state index contributed by atoms with van der Waals surface area (Å²) in [7, 11) is 0. The van der Waals surface area contributed by atoms with Gasteiger partial charge >= 0.3 is 6.01 Å². The third-order valence-electron chi connectivity index (χ3n) is 6.11. The Hall–Kier alpha value is -4.29. The third-order valence-corrected chi connectivity index (χ3v) is 6.11. The van der Waals surface area contributed by atoms with Gasteiger partial charge in [0.25, 0.3) is 5.91 Å². The molecule has 0 bridgehead atoms. The molecule has 4 aromatic rings. The van der Waals surface area contributed by atoms with Crippen molar-refractivity contribution in [1.82, 2.24) is 35.1 Å². The normalized spacial score (nSPS) is 22.8. The molecule has 2 fully saturated rings. The van der Waals surface area contributed by atoms with E-state index in [2.05, 4.69) is 25.8 Å². The number of nitrogens with one attached hydrogen (secondary N) is 1. The van der Waals surface area contributed by atoms with Crippen LogP contribution in [0.25, 0.3) is 5.69 Å². The SMILES string of the molecule is O=C(COc1ccccc1)N[C@H]1CO[C@H]2[C@@H]1OC[C@@H]2n1nnnc1Oc1ccc(-n2ccnc2)cc1. The number of ether oxygens (including phenoxy) is 4. The average molecular weight is 489 g/mol. The van der Waals surface area contributed by atoms with Crippen molar-refractivity contribution in [3.8, 4) is 23.2 Å². The van der Waals surface area contributed by atoms with Crippen LogP contribution in [0.2, 0.25) is 0 Å². The number of hydrogen-bond donors (Lipinski definition) is 1. The highest BCUT2D eigenvalue weighted by molar-refractivity contribution is 5.78. The molecule has 1 N–H and O–H groups in total. The van der Waals surface area contributed by atoms with Gasteiger partial charge in [0.1, 0.15) is 29.7 Å². The summed E-state index contributed by atoms with van der Waals surface area (Å²) in [5.41, 5.74) is 0.952. The van der Waals surface area contributed by atoms with E-state index in [4.69, 9.17) is 18.9 Å². The fourth-order valence-electron chi connectivity index (χ4n) is 4.39. The van der Waals surface area contributed by atoms with E-state index in [1.807, 2.05) is 53.2 Å². The highest BCUT2D eigenvalue weighted by Gasteiger charge is 2.50. The summed E-state index contributed by atoms with van der Waals surface area (Å²) < 4.78 is 26.9. The monoisotopic (exact) mass is 489 g/mol. The molecule has 4 atom stereocenters. The molecule has 4 heterocycles. The van der Waals surface area contributed by atoms with Gasteiger partial charge in [-0.1, -0.05) is 23.3 Å². The number of carbonyl (C=O) groups is 1. The molecular weight excluding hydrogens is 466 g/mol. The van der Waals surface area contributed by atoms with Crippen molar-refractivity contribution in [2.75, 3.05) is 19.8 Å². The maximum Gasteiger partial charge on any atom is 0.341 e. The van der Waals surface area contributed by atoms with Crippen LogP contribution in [0.3, 0.4) is 0 Å². The molecule has 0 radical (unpaired) electrons. The fraction of sp³-hybridized carbons (Fsp3) is 0.292. The summed E-state index contributed by atoms with van der Waals surface area (Å²) >= 11 is 0. The Morgan fingerprint density at radius 3 is 2.67 bits per heavy atom. The first kappa shape index (κ1) is 22.2. The topological polar surface area (TPSA) is 127 Å². The lowest BCUT2D eigenvalue weighted by molar-refractivity contribution is -0.124. The van der Waals surface area contributed by atoms with Crippen molar-refractivity contribution >= 4 is 5.91 Å². The van der Waals surface area contributed by atoms with Gasteiger partial charge in [0.15, 0.2) is 6.61 Å². The second-order valence-corrected chi connectivity index (χ2v) is 8.41. The first-order valence-electron chi connectivity index (χ1n) is 11.5. The van der Waals surface area contributed by atoms with E-state index >= 15 is 0 Å². The number of nitrogens with zero attached hydrogens (tertiary/aromatic N) is 6. The lowest BCUT2D eigenvalue weighted by Crippen LogP contribution is -2.45. The predicted molar refractivity (Wildman–Crippen MR) is 124 cm³/mol. The summed E-state index contributed by atoms with van der Waals surface area (Å²) in [6.45, 7) is 0.548. The van der Waals surface area contributed by atoms with Crippen LogP contribution in [-0.4, -0.2) is 73.7 Å². The lowest BCUT2D eigenvalue weighted by atomic mass is 10.1. The molecule has 2 aromatic heterocycles. The molecule has 2 saturated heterocycles. The minimum absolute atomic E-state index is 0.0913. The molecule has 2 aliphatic rings. The summed E-state index contributed by atoms with van der Waals surface area (Å²) in [4.78, 5) is 16.5. The molecule has 0 aliphatic carbocycles. The Kier molecular flexibility index (Phi) is 6.01. The number of carbonyl (C=O) groups excluding carboxylic acids is 1. The quantitative estimate of drug-likeness (QED) is 0.392. The zero-order chi connectivity index (χ0) is 24.3. The Bertz CT molecular complexity index is 1300. The van der Waals surface area contributed by atoms with Crippen LogP contribution < -0.4 is 14.8 Å². The van der Waals surface area contributed by atoms with Gasteiger partial charge in [-0.3, -0.25) is 4.79 Å². The number of rotatable bonds is 8. The zero-order valence-corrected chi connectivity index (χ0v) is 19.1. The molecule has 184 valence electrons. The Morgan fingerprint density at radius 1 is 1.03 bits per heavy atom. The van der Waals surface area contributed by atoms with Crippen molar-refractivity contribution in [2.24, 2.45) is 0 Å². The van der Waals surface area contributed by atoms with Gasteiger partial charge in [-0.25, -0.2) is 4.98 Å². The van der Waals surface area contributed by atoms with Gasteiger partial charge in [-0.15, -0.1) is 0 Å². The highest BCUT2D eigenvalue weighted by Crippen LogP contribution is 2.36. The number of fused-ring (bicyclic) bond motifs is 1. The first-order chi connectivity index (χ1) is 17.7. The fourth-order valence-corrected chi connectivity index (χ4v) is 4.39. The van der Waals surface area contributed by atoms with Crippen molar-refractivity contribution in [3.63, 3.8) is 0 Å². The summed E-state index contributed by atoms with van der Waals surface area (Å²) in [5.74, 6) is 0.972. The summed E-state index contributed by atoms with van der Waals surface area (Å²) in [5, 5.41) is 14.9. The van der Waals surface area contributed by atoms with Crippen LogP contribution >= 0.6 is 0 Å². The molecule has 0 saturated carbocycles. The van der Waals surface area contributed by atoms with Crippen LogP contribution in [0.1, 0.15) is 6.04 Å². The second kappa shape index (κ2) is 9.76. The average Bonchev–Trinajstić information content (AvgIpc) is 3.71. The van der Waals surface area contributed by atoms with Crippen LogP contribution in [-0.2, 0) is 14.3 Å². The molecule has 6 rings (SSSR count). The van der Waals surface area contributed by atoms with Gasteiger partial charge in [-0.05, 0) is 46.8 Å². The minimum atomic E-state index is -0.334. The molecule has 2 aliphatic heterocycles. The number of amides is 1. The molecule has 0 spiro atoms. The molecule has 12 nitrogen and oxygen atoms in total. The van der Waals surface area contributed by atoms with E-state index < -0.39 is 0 Å². The number of hydrogen-bond acceptors (Lipinski definition) is 9. The maximum atomic E-state index is 12.4. The van der Waals surface area contributed by atoms with Crippen LogP contribution in [0.4, 0.5) is 0 Å². The Morgan fingerprint density at radius 2 is 1.86 bits per heavy atom. The Labute approximate surface area is 205 Å². The number of benzene rings is 2. The first-order valence-corrected chi connectivity index (χ1v) is 11.5. The second-order valence-electron chi connectivity index (χ2n) is 8.41. The maximum absolute atomic E-state index is 12.4. The van der Waals surface area contributed by atoms with Crippen molar-refractivity contribution in [3.05, 3.63) is 73.3 Å². The van der Waals surface area contributed by atoms with E-state index in [9.17, 15) is 4.79 Å². The summed E-state index contributed by atoms with van der Waals surface area (Å²) in [6, 6.07) is 16.3. The molecule has 0 unspecified atom stereocenters. The van der Waals surface area contributed by atoms with Crippen molar-refractivity contribution in [2.45, 2.75) is 24.3 Å². The van der Waals surface area contributed by atoms with Crippen LogP contribution in [0.15, 0.2) is 73.3 Å². The van der Waals surface area contributed by atoms with E-state index in [0.717, 1.165) is 5.69 Å². The predicted octanol–water partition coefficient (Wildman–Crippen LogP) is 1.55. The third kappa shape index (κ3) is 4.51. The molecular formula is C24H23N7O5. The number of aromatic nitrogens is 6. The molecule has 12 heteroatoms. The Balaban J connectivity index is 1.07. The van der Waals surface area contributed by atoms with Gasteiger partial charge in [0.2, 0.25) is 0 Å². The number of imidazole rings is 1. The molecule has 2 aromatic carbocycles. The van der Waals surface area contributed by atoms with Crippen LogP contribution in [0.5, 0.6) is 17.5 Å².